The highest BCUT2D eigenvalue weighted by molar-refractivity contribution is 5.86. The van der Waals surface area contributed by atoms with E-state index in [-0.39, 0.29) is 22.7 Å². The lowest BCUT2D eigenvalue weighted by Gasteiger charge is -2.38. The molecule has 1 aliphatic carbocycles. The maximum Gasteiger partial charge on any atom is 0.141 e. The maximum absolute atomic E-state index is 12.5. The van der Waals surface area contributed by atoms with Crippen LogP contribution in [0.25, 0.3) is 0 Å². The zero-order chi connectivity index (χ0) is 18.8. The first-order valence-corrected chi connectivity index (χ1v) is 10.3. The van der Waals surface area contributed by atoms with Crippen molar-refractivity contribution < 1.29 is 9.59 Å². The summed E-state index contributed by atoms with van der Waals surface area (Å²) in [5.74, 6) is 2.17. The van der Waals surface area contributed by atoms with Crippen molar-refractivity contribution in [1.82, 2.24) is 4.90 Å². The number of ketones is 2. The Morgan fingerprint density at radius 2 is 1.12 bits per heavy atom. The smallest absolute Gasteiger partial charge is 0.141 e. The third kappa shape index (κ3) is 5.64. The van der Waals surface area contributed by atoms with Gasteiger partial charge in [-0.05, 0) is 57.5 Å². The molecule has 0 unspecified atom stereocenters. The van der Waals surface area contributed by atoms with E-state index in [4.69, 9.17) is 0 Å². The van der Waals surface area contributed by atoms with E-state index in [0.717, 1.165) is 51.2 Å². The number of rotatable bonds is 4. The van der Waals surface area contributed by atoms with E-state index in [1.807, 2.05) is 41.5 Å². The van der Waals surface area contributed by atoms with Crippen molar-refractivity contribution in [3.8, 4) is 0 Å². The molecule has 2 aliphatic rings. The SMILES string of the molecule is CC(C)(C)C(=O)C1CCN(C[C@H]2CC[C@H](C(=O)C(C)(C)C)CC2)CC1. The molecule has 2 rings (SSSR count). The summed E-state index contributed by atoms with van der Waals surface area (Å²) in [4.78, 5) is 27.5. The molecule has 3 heteroatoms. The first kappa shape index (κ1) is 20.6. The van der Waals surface area contributed by atoms with Crippen molar-refractivity contribution in [2.24, 2.45) is 28.6 Å². The van der Waals surface area contributed by atoms with Gasteiger partial charge in [0.1, 0.15) is 11.6 Å². The van der Waals surface area contributed by atoms with Crippen LogP contribution in [0.4, 0.5) is 0 Å². The minimum atomic E-state index is -0.204. The summed E-state index contributed by atoms with van der Waals surface area (Å²) in [7, 11) is 0. The first-order chi connectivity index (χ1) is 11.5. The molecule has 0 aromatic rings. The van der Waals surface area contributed by atoms with Crippen LogP contribution in [0.1, 0.15) is 80.1 Å². The van der Waals surface area contributed by atoms with E-state index in [0.29, 0.717) is 11.6 Å². The van der Waals surface area contributed by atoms with E-state index < -0.39 is 0 Å². The van der Waals surface area contributed by atoms with Crippen molar-refractivity contribution in [3.63, 3.8) is 0 Å². The molecule has 1 saturated heterocycles. The number of hydrogen-bond donors (Lipinski definition) is 0. The summed E-state index contributed by atoms with van der Waals surface area (Å²) in [5, 5.41) is 0. The Bertz CT molecular complexity index is 423. The third-order valence-electron chi connectivity index (χ3n) is 6.17. The van der Waals surface area contributed by atoms with Gasteiger partial charge in [-0.1, -0.05) is 41.5 Å². The van der Waals surface area contributed by atoms with E-state index in [9.17, 15) is 9.59 Å². The molecular weight excluding hydrogens is 310 g/mol. The minimum absolute atomic E-state index is 0.195. The average molecular weight is 350 g/mol. The number of Topliss-reactive ketones (excluding diaryl/α,β-unsaturated/α-hetero) is 2. The molecule has 0 bridgehead atoms. The normalized spacial score (nSPS) is 27.3. The fourth-order valence-electron chi connectivity index (χ4n) is 4.57. The highest BCUT2D eigenvalue weighted by Gasteiger charge is 2.35. The Morgan fingerprint density at radius 3 is 1.52 bits per heavy atom. The monoisotopic (exact) mass is 349 g/mol. The van der Waals surface area contributed by atoms with E-state index in [1.54, 1.807) is 0 Å². The highest BCUT2D eigenvalue weighted by Crippen LogP contribution is 2.35. The van der Waals surface area contributed by atoms with E-state index in [1.165, 1.54) is 12.8 Å². The van der Waals surface area contributed by atoms with Crippen LogP contribution in [0.3, 0.4) is 0 Å². The highest BCUT2D eigenvalue weighted by atomic mass is 16.1. The Labute approximate surface area is 154 Å². The number of piperidine rings is 1. The summed E-state index contributed by atoms with van der Waals surface area (Å²) in [6, 6.07) is 0. The third-order valence-corrected chi connectivity index (χ3v) is 6.17. The van der Waals surface area contributed by atoms with Crippen molar-refractivity contribution in [2.75, 3.05) is 19.6 Å². The fourth-order valence-corrected chi connectivity index (χ4v) is 4.57. The standard InChI is InChI=1S/C22H39NO2/c1-21(2,3)19(24)17-9-7-16(8-10-17)15-23-13-11-18(12-14-23)20(25)22(4,5)6/h16-18H,7-15H2,1-6H3/t16-,17-. The molecule has 0 radical (unpaired) electrons. The average Bonchev–Trinajstić information content (AvgIpc) is 2.53. The molecule has 1 aliphatic heterocycles. The van der Waals surface area contributed by atoms with Crippen molar-refractivity contribution in [1.29, 1.82) is 0 Å². The van der Waals surface area contributed by atoms with Gasteiger partial charge in [0.2, 0.25) is 0 Å². The zero-order valence-corrected chi connectivity index (χ0v) is 17.4. The molecule has 0 N–H and O–H groups in total. The molecule has 0 aromatic carbocycles. The Morgan fingerprint density at radius 1 is 0.720 bits per heavy atom. The maximum atomic E-state index is 12.5. The summed E-state index contributed by atoms with van der Waals surface area (Å²) >= 11 is 0. The van der Waals surface area contributed by atoms with Crippen LogP contribution in [-0.2, 0) is 9.59 Å². The molecule has 0 spiro atoms. The van der Waals surface area contributed by atoms with Crippen LogP contribution in [0.15, 0.2) is 0 Å². The lowest BCUT2D eigenvalue weighted by atomic mass is 9.73. The quantitative estimate of drug-likeness (QED) is 0.736. The summed E-state index contributed by atoms with van der Waals surface area (Å²) in [6.07, 6.45) is 6.56. The van der Waals surface area contributed by atoms with Gasteiger partial charge in [0, 0.05) is 29.2 Å². The van der Waals surface area contributed by atoms with Crippen LogP contribution in [0.2, 0.25) is 0 Å². The van der Waals surface area contributed by atoms with Gasteiger partial charge in [-0.2, -0.15) is 0 Å². The second-order valence-corrected chi connectivity index (χ2v) is 10.5. The molecule has 2 fully saturated rings. The van der Waals surface area contributed by atoms with Crippen molar-refractivity contribution in [3.05, 3.63) is 0 Å². The van der Waals surface area contributed by atoms with Gasteiger partial charge >= 0.3 is 0 Å². The number of carbonyl (C=O) groups excluding carboxylic acids is 2. The van der Waals surface area contributed by atoms with Gasteiger partial charge in [-0.3, -0.25) is 9.59 Å². The topological polar surface area (TPSA) is 37.4 Å². The van der Waals surface area contributed by atoms with E-state index in [2.05, 4.69) is 4.90 Å². The largest absolute Gasteiger partial charge is 0.303 e. The number of hydrogen-bond acceptors (Lipinski definition) is 3. The Hall–Kier alpha value is -0.700. The second kappa shape index (κ2) is 7.90. The van der Waals surface area contributed by atoms with Gasteiger partial charge < -0.3 is 4.90 Å². The van der Waals surface area contributed by atoms with Gasteiger partial charge in [-0.15, -0.1) is 0 Å². The van der Waals surface area contributed by atoms with Crippen LogP contribution < -0.4 is 0 Å². The van der Waals surface area contributed by atoms with Crippen LogP contribution in [-0.4, -0.2) is 36.1 Å². The molecule has 144 valence electrons. The minimum Gasteiger partial charge on any atom is -0.303 e. The lowest BCUT2D eigenvalue weighted by molar-refractivity contribution is -0.132. The number of nitrogens with zero attached hydrogens (tertiary/aromatic N) is 1. The van der Waals surface area contributed by atoms with Gasteiger partial charge in [0.05, 0.1) is 0 Å². The summed E-state index contributed by atoms with van der Waals surface area (Å²) in [6.45, 7) is 15.5. The fraction of sp³-hybridized carbons (Fsp3) is 0.909. The summed E-state index contributed by atoms with van der Waals surface area (Å²) in [5.41, 5.74) is -0.399. The van der Waals surface area contributed by atoms with Crippen molar-refractivity contribution in [2.45, 2.75) is 80.1 Å². The first-order valence-electron chi connectivity index (χ1n) is 10.3. The summed E-state index contributed by atoms with van der Waals surface area (Å²) < 4.78 is 0. The number of likely N-dealkylation sites (tertiary alicyclic amines) is 1. The van der Waals surface area contributed by atoms with Gasteiger partial charge in [0.25, 0.3) is 0 Å². The molecule has 1 saturated carbocycles. The van der Waals surface area contributed by atoms with E-state index >= 15 is 0 Å². The lowest BCUT2D eigenvalue weighted by Crippen LogP contribution is -2.42. The molecule has 3 nitrogen and oxygen atoms in total. The Kier molecular flexibility index (Phi) is 6.51. The molecule has 25 heavy (non-hydrogen) atoms. The van der Waals surface area contributed by atoms with Crippen LogP contribution >= 0.6 is 0 Å². The van der Waals surface area contributed by atoms with Gasteiger partial charge in [-0.25, -0.2) is 0 Å². The predicted molar refractivity (Wildman–Crippen MR) is 104 cm³/mol. The van der Waals surface area contributed by atoms with Gasteiger partial charge in [0.15, 0.2) is 0 Å². The van der Waals surface area contributed by atoms with Crippen LogP contribution in [0, 0.1) is 28.6 Å². The van der Waals surface area contributed by atoms with Crippen LogP contribution in [0.5, 0.6) is 0 Å². The van der Waals surface area contributed by atoms with Crippen molar-refractivity contribution >= 4 is 11.6 Å². The molecule has 0 amide bonds. The predicted octanol–water partition coefficient (Wildman–Crippen LogP) is 4.74. The molecular formula is C22H39NO2. The number of carbonyl (C=O) groups is 2. The Balaban J connectivity index is 1.73. The molecule has 0 atom stereocenters. The molecule has 1 heterocycles. The molecule has 0 aromatic heterocycles. The second-order valence-electron chi connectivity index (χ2n) is 10.5. The zero-order valence-electron chi connectivity index (χ0n) is 17.4.